The van der Waals surface area contributed by atoms with Gasteiger partial charge >= 0.3 is 0 Å². The summed E-state index contributed by atoms with van der Waals surface area (Å²) in [5.74, 6) is -0.726. The molecule has 0 fully saturated rings. The van der Waals surface area contributed by atoms with Crippen LogP contribution in [0.1, 0.15) is 6.42 Å². The molecular formula is C9H12FN3O2S. The average Bonchev–Trinajstić information content (AvgIpc) is 2.16. The fraction of sp³-hybridized carbons (Fsp3) is 0.222. The predicted molar refractivity (Wildman–Crippen MR) is 58.1 cm³/mol. The molecule has 0 unspecified atom stereocenters. The van der Waals surface area contributed by atoms with Crippen molar-refractivity contribution in [1.29, 1.82) is 5.41 Å². The average molecular weight is 245 g/mol. The van der Waals surface area contributed by atoms with Crippen molar-refractivity contribution in [3.05, 3.63) is 30.1 Å². The van der Waals surface area contributed by atoms with Crippen LogP contribution in [0.4, 0.5) is 4.39 Å². The van der Waals surface area contributed by atoms with Crippen LogP contribution in [0.15, 0.2) is 29.2 Å². The minimum atomic E-state index is -3.72. The largest absolute Gasteiger partial charge is 0.388 e. The first-order chi connectivity index (χ1) is 7.42. The second-order valence-corrected chi connectivity index (χ2v) is 4.90. The lowest BCUT2D eigenvalue weighted by Gasteiger charge is -2.05. The molecule has 16 heavy (non-hydrogen) atoms. The number of sulfonamides is 1. The van der Waals surface area contributed by atoms with Gasteiger partial charge in [0.2, 0.25) is 10.0 Å². The van der Waals surface area contributed by atoms with Gasteiger partial charge in [-0.25, -0.2) is 17.5 Å². The molecule has 0 radical (unpaired) electrons. The van der Waals surface area contributed by atoms with Gasteiger partial charge in [0.1, 0.15) is 5.82 Å². The second kappa shape index (κ2) is 5.04. The van der Waals surface area contributed by atoms with Gasteiger partial charge in [-0.05, 0) is 18.2 Å². The lowest BCUT2D eigenvalue weighted by molar-refractivity contribution is 0.578. The Morgan fingerprint density at radius 3 is 2.75 bits per heavy atom. The van der Waals surface area contributed by atoms with Gasteiger partial charge in [-0.15, -0.1) is 0 Å². The standard InChI is InChI=1S/C9H12FN3O2S/c10-7-2-1-3-8(6-7)16(14,15)13-5-4-9(11)12/h1-3,6,13H,4-5H2,(H3,11,12). The van der Waals surface area contributed by atoms with Crippen molar-refractivity contribution in [2.24, 2.45) is 5.73 Å². The van der Waals surface area contributed by atoms with E-state index in [0.717, 1.165) is 12.1 Å². The summed E-state index contributed by atoms with van der Waals surface area (Å²) in [4.78, 5) is -0.143. The van der Waals surface area contributed by atoms with Gasteiger partial charge in [0.15, 0.2) is 0 Å². The molecule has 7 heteroatoms. The van der Waals surface area contributed by atoms with Crippen LogP contribution in [-0.2, 0) is 10.0 Å². The molecule has 0 saturated carbocycles. The third-order valence-corrected chi connectivity index (χ3v) is 3.25. The molecule has 4 N–H and O–H groups in total. The highest BCUT2D eigenvalue weighted by Gasteiger charge is 2.13. The van der Waals surface area contributed by atoms with E-state index in [1.165, 1.54) is 12.1 Å². The molecule has 1 aromatic carbocycles. The summed E-state index contributed by atoms with van der Waals surface area (Å²) in [6, 6.07) is 4.69. The summed E-state index contributed by atoms with van der Waals surface area (Å²) in [5.41, 5.74) is 5.07. The maximum Gasteiger partial charge on any atom is 0.240 e. The fourth-order valence-electron chi connectivity index (χ4n) is 1.04. The molecule has 1 aromatic rings. The van der Waals surface area contributed by atoms with E-state index in [0.29, 0.717) is 0 Å². The Balaban J connectivity index is 2.74. The number of hydrogen-bond acceptors (Lipinski definition) is 3. The van der Waals surface area contributed by atoms with Gasteiger partial charge in [0.05, 0.1) is 10.7 Å². The zero-order valence-corrected chi connectivity index (χ0v) is 9.22. The van der Waals surface area contributed by atoms with Crippen LogP contribution in [0.5, 0.6) is 0 Å². The Labute approximate surface area is 93.0 Å². The topological polar surface area (TPSA) is 96.0 Å². The first-order valence-electron chi connectivity index (χ1n) is 4.50. The molecule has 0 saturated heterocycles. The zero-order chi connectivity index (χ0) is 12.2. The number of nitrogens with one attached hydrogen (secondary N) is 2. The van der Waals surface area contributed by atoms with Gasteiger partial charge in [-0.3, -0.25) is 5.41 Å². The summed E-state index contributed by atoms with van der Waals surface area (Å²) in [5, 5.41) is 6.92. The lowest BCUT2D eigenvalue weighted by atomic mass is 10.4. The van der Waals surface area contributed by atoms with Gasteiger partial charge in [-0.2, -0.15) is 0 Å². The lowest BCUT2D eigenvalue weighted by Crippen LogP contribution is -2.27. The number of benzene rings is 1. The Morgan fingerprint density at radius 2 is 2.19 bits per heavy atom. The summed E-state index contributed by atoms with van der Waals surface area (Å²) >= 11 is 0. The maximum atomic E-state index is 12.8. The van der Waals surface area contributed by atoms with Crippen LogP contribution in [0.2, 0.25) is 0 Å². The third-order valence-electron chi connectivity index (χ3n) is 1.79. The Kier molecular flexibility index (Phi) is 3.97. The van der Waals surface area contributed by atoms with E-state index in [2.05, 4.69) is 4.72 Å². The van der Waals surface area contributed by atoms with Gasteiger partial charge < -0.3 is 5.73 Å². The molecule has 1 rings (SSSR count). The van der Waals surface area contributed by atoms with E-state index in [1.807, 2.05) is 0 Å². The molecule has 88 valence electrons. The highest BCUT2D eigenvalue weighted by atomic mass is 32.2. The third kappa shape index (κ3) is 3.59. The van der Waals surface area contributed by atoms with Gasteiger partial charge in [0, 0.05) is 13.0 Å². The zero-order valence-electron chi connectivity index (χ0n) is 8.40. The van der Waals surface area contributed by atoms with Crippen LogP contribution in [0.3, 0.4) is 0 Å². The molecule has 5 nitrogen and oxygen atoms in total. The van der Waals surface area contributed by atoms with Crippen LogP contribution in [0, 0.1) is 11.2 Å². The highest BCUT2D eigenvalue weighted by Crippen LogP contribution is 2.09. The van der Waals surface area contributed by atoms with E-state index in [1.54, 1.807) is 0 Å². The summed E-state index contributed by atoms with van der Waals surface area (Å²) < 4.78 is 38.2. The number of rotatable bonds is 5. The number of halogens is 1. The van der Waals surface area contributed by atoms with Crippen LogP contribution in [-0.4, -0.2) is 20.8 Å². The maximum absolute atomic E-state index is 12.8. The molecule has 0 spiro atoms. The van der Waals surface area contributed by atoms with Crippen molar-refractivity contribution in [2.45, 2.75) is 11.3 Å². The van der Waals surface area contributed by atoms with E-state index in [4.69, 9.17) is 11.1 Å². The molecule has 0 aliphatic rings. The Hall–Kier alpha value is -1.47. The number of nitrogens with two attached hydrogens (primary N) is 1. The fourth-order valence-corrected chi connectivity index (χ4v) is 2.10. The van der Waals surface area contributed by atoms with Crippen molar-refractivity contribution >= 4 is 15.9 Å². The Bertz CT molecular complexity index is 487. The summed E-state index contributed by atoms with van der Waals surface area (Å²) in [7, 11) is -3.72. The minimum absolute atomic E-state index is 0.0220. The second-order valence-electron chi connectivity index (χ2n) is 3.13. The van der Waals surface area contributed by atoms with Gasteiger partial charge in [-0.1, -0.05) is 6.07 Å². The number of hydrogen-bond donors (Lipinski definition) is 3. The molecule has 0 amide bonds. The van der Waals surface area contributed by atoms with Crippen molar-refractivity contribution < 1.29 is 12.8 Å². The molecule has 0 atom stereocenters. The predicted octanol–water partition coefficient (Wildman–Crippen LogP) is 0.430. The monoisotopic (exact) mass is 245 g/mol. The molecule has 0 aliphatic heterocycles. The van der Waals surface area contributed by atoms with Crippen LogP contribution < -0.4 is 10.5 Å². The van der Waals surface area contributed by atoms with E-state index < -0.39 is 15.8 Å². The molecule has 0 aliphatic carbocycles. The number of amidine groups is 1. The van der Waals surface area contributed by atoms with E-state index in [-0.39, 0.29) is 23.7 Å². The molecule has 0 heterocycles. The van der Waals surface area contributed by atoms with E-state index >= 15 is 0 Å². The minimum Gasteiger partial charge on any atom is -0.388 e. The summed E-state index contributed by atoms with van der Waals surface area (Å²) in [6.45, 7) is 0.0220. The van der Waals surface area contributed by atoms with Crippen molar-refractivity contribution in [2.75, 3.05) is 6.54 Å². The Morgan fingerprint density at radius 1 is 1.50 bits per heavy atom. The van der Waals surface area contributed by atoms with Crippen LogP contribution >= 0.6 is 0 Å². The molecule has 0 aromatic heterocycles. The highest BCUT2D eigenvalue weighted by molar-refractivity contribution is 7.89. The molecular weight excluding hydrogens is 233 g/mol. The summed E-state index contributed by atoms with van der Waals surface area (Å²) in [6.07, 6.45) is 0.120. The van der Waals surface area contributed by atoms with E-state index in [9.17, 15) is 12.8 Å². The quantitative estimate of drug-likeness (QED) is 0.518. The van der Waals surface area contributed by atoms with Crippen LogP contribution in [0.25, 0.3) is 0 Å². The molecule has 0 bridgehead atoms. The first-order valence-corrected chi connectivity index (χ1v) is 5.98. The van der Waals surface area contributed by atoms with Crippen molar-refractivity contribution in [3.8, 4) is 0 Å². The van der Waals surface area contributed by atoms with Crippen molar-refractivity contribution in [1.82, 2.24) is 4.72 Å². The van der Waals surface area contributed by atoms with Gasteiger partial charge in [0.25, 0.3) is 0 Å². The smallest absolute Gasteiger partial charge is 0.240 e. The SMILES string of the molecule is N=C(N)CCNS(=O)(=O)c1cccc(F)c1. The van der Waals surface area contributed by atoms with Crippen molar-refractivity contribution in [3.63, 3.8) is 0 Å². The normalized spacial score (nSPS) is 11.3. The first kappa shape index (κ1) is 12.6.